The van der Waals surface area contributed by atoms with Crippen LogP contribution in [0.2, 0.25) is 0 Å². The maximum absolute atomic E-state index is 10.7. The number of thioether (sulfide) groups is 1. The number of hydrogen-bond donors (Lipinski definition) is 1. The number of aliphatic carboxylic acids is 1. The molecule has 0 fully saturated rings. The first-order valence-electron chi connectivity index (χ1n) is 7.01. The quantitative estimate of drug-likeness (QED) is 0.656. The molecular formula is C13H24N4O3S. The largest absolute Gasteiger partial charge is 0.481 e. The first-order chi connectivity index (χ1) is 9.99. The summed E-state index contributed by atoms with van der Waals surface area (Å²) in [5, 5.41) is 17.8. The van der Waals surface area contributed by atoms with Gasteiger partial charge in [-0.05, 0) is 12.8 Å². The molecule has 0 aliphatic rings. The molecule has 21 heavy (non-hydrogen) atoms. The Hall–Kier alpha value is -1.28. The molecule has 0 unspecified atom stereocenters. The number of carbonyl (C=O) groups is 1. The van der Waals surface area contributed by atoms with Crippen LogP contribution in [0.4, 0.5) is 5.95 Å². The van der Waals surface area contributed by atoms with Gasteiger partial charge in [-0.25, -0.2) is 0 Å². The molecule has 0 aliphatic heterocycles. The predicted molar refractivity (Wildman–Crippen MR) is 83.0 cm³/mol. The zero-order valence-corrected chi connectivity index (χ0v) is 13.9. The van der Waals surface area contributed by atoms with E-state index in [9.17, 15) is 4.79 Å². The third-order valence-electron chi connectivity index (χ3n) is 2.77. The monoisotopic (exact) mass is 316 g/mol. The lowest BCUT2D eigenvalue weighted by molar-refractivity contribution is -0.133. The van der Waals surface area contributed by atoms with Crippen LogP contribution in [0.15, 0.2) is 5.16 Å². The summed E-state index contributed by atoms with van der Waals surface area (Å²) < 4.78 is 7.10. The predicted octanol–water partition coefficient (Wildman–Crippen LogP) is 1.58. The van der Waals surface area contributed by atoms with E-state index >= 15 is 0 Å². The number of methoxy groups -OCH3 is 1. The van der Waals surface area contributed by atoms with Gasteiger partial charge < -0.3 is 14.7 Å². The fourth-order valence-electron chi connectivity index (χ4n) is 1.94. The average Bonchev–Trinajstić information content (AvgIpc) is 2.83. The normalized spacial score (nSPS) is 11.1. The third-order valence-corrected chi connectivity index (χ3v) is 3.72. The van der Waals surface area contributed by atoms with Gasteiger partial charge in [-0.3, -0.25) is 9.36 Å². The minimum atomic E-state index is -0.856. The van der Waals surface area contributed by atoms with Crippen molar-refractivity contribution in [3.05, 3.63) is 0 Å². The van der Waals surface area contributed by atoms with Crippen molar-refractivity contribution < 1.29 is 14.6 Å². The number of nitrogens with zero attached hydrogens (tertiary/aromatic N) is 4. The fourth-order valence-corrected chi connectivity index (χ4v) is 2.66. The van der Waals surface area contributed by atoms with E-state index in [2.05, 4.69) is 28.9 Å². The number of rotatable bonds is 10. The van der Waals surface area contributed by atoms with Crippen LogP contribution in [0, 0.1) is 5.92 Å². The lowest BCUT2D eigenvalue weighted by Gasteiger charge is -2.25. The van der Waals surface area contributed by atoms with Crippen LogP contribution in [-0.2, 0) is 16.1 Å². The molecule has 0 atom stereocenters. The number of ether oxygens (including phenoxy) is 1. The highest BCUT2D eigenvalue weighted by Crippen LogP contribution is 2.22. The van der Waals surface area contributed by atoms with Crippen LogP contribution in [0.1, 0.15) is 20.8 Å². The van der Waals surface area contributed by atoms with Gasteiger partial charge in [-0.1, -0.05) is 25.6 Å². The highest BCUT2D eigenvalue weighted by Gasteiger charge is 2.19. The number of anilines is 1. The molecule has 0 radical (unpaired) electrons. The minimum Gasteiger partial charge on any atom is -0.481 e. The number of carboxylic acid groups (broad SMARTS) is 1. The van der Waals surface area contributed by atoms with Crippen molar-refractivity contribution in [3.63, 3.8) is 0 Å². The van der Waals surface area contributed by atoms with E-state index in [1.807, 2.05) is 11.5 Å². The summed E-state index contributed by atoms with van der Waals surface area (Å²) in [6.45, 7) is 9.19. The van der Waals surface area contributed by atoms with Crippen molar-refractivity contribution in [2.75, 3.05) is 37.5 Å². The third kappa shape index (κ3) is 5.55. The fraction of sp³-hybridized carbons (Fsp3) is 0.769. The molecule has 1 aromatic rings. The van der Waals surface area contributed by atoms with Gasteiger partial charge in [0.1, 0.15) is 0 Å². The first-order valence-corrected chi connectivity index (χ1v) is 7.99. The average molecular weight is 316 g/mol. The van der Waals surface area contributed by atoms with E-state index in [-0.39, 0.29) is 5.75 Å². The van der Waals surface area contributed by atoms with Gasteiger partial charge in [0.2, 0.25) is 5.95 Å². The molecule has 0 amide bonds. The number of aromatic nitrogens is 3. The SMILES string of the molecule is CCn1c(SCC(=O)O)nnc1N(CCOC)CC(C)C. The Kier molecular flexibility index (Phi) is 7.52. The Balaban J connectivity index is 2.93. The molecule has 120 valence electrons. The van der Waals surface area contributed by atoms with Crippen LogP contribution in [-0.4, -0.2) is 58.4 Å². The number of hydrogen-bond acceptors (Lipinski definition) is 6. The molecule has 1 N–H and O–H groups in total. The Morgan fingerprint density at radius 1 is 1.48 bits per heavy atom. The second-order valence-electron chi connectivity index (χ2n) is 5.04. The highest BCUT2D eigenvalue weighted by molar-refractivity contribution is 7.99. The van der Waals surface area contributed by atoms with E-state index in [0.717, 1.165) is 19.0 Å². The van der Waals surface area contributed by atoms with Crippen molar-refractivity contribution >= 4 is 23.7 Å². The van der Waals surface area contributed by atoms with Crippen molar-refractivity contribution in [1.29, 1.82) is 0 Å². The van der Waals surface area contributed by atoms with Gasteiger partial charge in [0.05, 0.1) is 12.4 Å². The standard InChI is InChI=1S/C13H24N4O3S/c1-5-17-12(14-15-13(17)21-9-11(18)19)16(6-7-20-4)8-10(2)3/h10H,5-9H2,1-4H3,(H,18,19). The van der Waals surface area contributed by atoms with E-state index < -0.39 is 5.97 Å². The van der Waals surface area contributed by atoms with Crippen LogP contribution < -0.4 is 4.90 Å². The van der Waals surface area contributed by atoms with Crippen LogP contribution in [0.3, 0.4) is 0 Å². The molecule has 0 aromatic carbocycles. The van der Waals surface area contributed by atoms with Gasteiger partial charge in [0, 0.05) is 26.7 Å². The summed E-state index contributed by atoms with van der Waals surface area (Å²) in [6.07, 6.45) is 0. The van der Waals surface area contributed by atoms with Gasteiger partial charge in [-0.15, -0.1) is 10.2 Å². The lowest BCUT2D eigenvalue weighted by Crippen LogP contribution is -2.33. The molecule has 8 heteroatoms. The molecular weight excluding hydrogens is 292 g/mol. The first kappa shape index (κ1) is 17.8. The lowest BCUT2D eigenvalue weighted by atomic mass is 10.2. The summed E-state index contributed by atoms with van der Waals surface area (Å²) in [6, 6.07) is 0. The van der Waals surface area contributed by atoms with Crippen molar-refractivity contribution in [3.8, 4) is 0 Å². The van der Waals surface area contributed by atoms with Crippen LogP contribution in [0.5, 0.6) is 0 Å². The second kappa shape index (κ2) is 8.89. The van der Waals surface area contributed by atoms with Crippen molar-refractivity contribution in [1.82, 2.24) is 14.8 Å². The van der Waals surface area contributed by atoms with Gasteiger partial charge in [0.15, 0.2) is 5.16 Å². The molecule has 0 saturated carbocycles. The summed E-state index contributed by atoms with van der Waals surface area (Å²) in [4.78, 5) is 12.8. The molecule has 1 rings (SSSR count). The van der Waals surface area contributed by atoms with Gasteiger partial charge in [0.25, 0.3) is 0 Å². The number of carboxylic acids is 1. The molecule has 1 aromatic heterocycles. The smallest absolute Gasteiger partial charge is 0.313 e. The Morgan fingerprint density at radius 2 is 2.19 bits per heavy atom. The van der Waals surface area contributed by atoms with Crippen molar-refractivity contribution in [2.24, 2.45) is 5.92 Å². The van der Waals surface area contributed by atoms with Crippen LogP contribution in [0.25, 0.3) is 0 Å². The zero-order chi connectivity index (χ0) is 15.8. The molecule has 7 nitrogen and oxygen atoms in total. The van der Waals surface area contributed by atoms with Gasteiger partial charge in [-0.2, -0.15) is 0 Å². The zero-order valence-electron chi connectivity index (χ0n) is 13.1. The summed E-state index contributed by atoms with van der Waals surface area (Å²) in [5.41, 5.74) is 0. The molecule has 0 saturated heterocycles. The van der Waals surface area contributed by atoms with E-state index in [1.165, 1.54) is 11.8 Å². The summed E-state index contributed by atoms with van der Waals surface area (Å²) >= 11 is 1.19. The topological polar surface area (TPSA) is 80.5 Å². The Labute approximate surface area is 129 Å². The highest BCUT2D eigenvalue weighted by atomic mass is 32.2. The van der Waals surface area contributed by atoms with Crippen molar-refractivity contribution in [2.45, 2.75) is 32.5 Å². The molecule has 0 aliphatic carbocycles. The second-order valence-corrected chi connectivity index (χ2v) is 5.98. The molecule has 0 spiro atoms. The summed E-state index contributed by atoms with van der Waals surface area (Å²) in [7, 11) is 1.67. The maximum atomic E-state index is 10.7. The minimum absolute atomic E-state index is 0.0135. The van der Waals surface area contributed by atoms with E-state index in [1.54, 1.807) is 7.11 Å². The Bertz CT molecular complexity index is 451. The molecule has 0 bridgehead atoms. The van der Waals surface area contributed by atoms with Gasteiger partial charge >= 0.3 is 5.97 Å². The molecule has 1 heterocycles. The summed E-state index contributed by atoms with van der Waals surface area (Å²) in [5.74, 6) is 0.390. The van der Waals surface area contributed by atoms with E-state index in [0.29, 0.717) is 24.2 Å². The van der Waals surface area contributed by atoms with E-state index in [4.69, 9.17) is 9.84 Å². The van der Waals surface area contributed by atoms with Crippen LogP contribution >= 0.6 is 11.8 Å². The Morgan fingerprint density at radius 3 is 2.71 bits per heavy atom. The maximum Gasteiger partial charge on any atom is 0.313 e.